The standard InChI is InChI=1S/C57H48N4O/c1-56(2,3)44-32-49(54(62)50(33-44)57(4,5)6)52-53(47-26-17-16-25-45(47)38-21-12-8-13-22-38)61-28-18-27-46(55(61)60-52)41-29-40(37-19-10-7-11-20-37)30-42(31-41)51-34-48(43(35-58)36-59-51)39-23-14-9-15-24-39/h7-34,36,62H,1-6H3. The molecule has 5 heteroatoms. The Hall–Kier alpha value is -7.55. The van der Waals surface area contributed by atoms with Crippen LogP contribution in [0, 0.1) is 11.3 Å². The number of fused-ring (bicyclic) bond motifs is 1. The SMILES string of the molecule is CC(C)(C)c1cc(-c2nc3c(-c4cc(-c5ccccc5)cc(-c5cc(-c6ccccc6)c(C#N)cn5)c4)cccn3c2-c2ccccc2-c2ccccc2)c(O)c(C(C)(C)C)c1. The Balaban J connectivity index is 1.35. The van der Waals surface area contributed by atoms with Crippen LogP contribution < -0.4 is 0 Å². The molecule has 0 spiro atoms. The second-order valence-corrected chi connectivity index (χ2v) is 18.0. The van der Waals surface area contributed by atoms with E-state index in [-0.39, 0.29) is 16.6 Å². The molecule has 0 unspecified atom stereocenters. The molecule has 0 saturated heterocycles. The van der Waals surface area contributed by atoms with Crippen LogP contribution in [0.3, 0.4) is 0 Å². The fourth-order valence-corrected chi connectivity index (χ4v) is 8.40. The van der Waals surface area contributed by atoms with E-state index in [0.29, 0.717) is 16.8 Å². The molecule has 0 saturated carbocycles. The number of nitriles is 1. The van der Waals surface area contributed by atoms with Crippen LogP contribution in [0.5, 0.6) is 5.75 Å². The molecule has 0 aliphatic rings. The van der Waals surface area contributed by atoms with E-state index in [0.717, 1.165) is 83.8 Å². The van der Waals surface area contributed by atoms with E-state index >= 15 is 0 Å². The second kappa shape index (κ2) is 15.8. The first-order chi connectivity index (χ1) is 29.9. The maximum atomic E-state index is 12.4. The molecule has 3 aromatic heterocycles. The zero-order valence-corrected chi connectivity index (χ0v) is 36.0. The summed E-state index contributed by atoms with van der Waals surface area (Å²) in [7, 11) is 0. The molecule has 302 valence electrons. The van der Waals surface area contributed by atoms with E-state index in [2.05, 4.69) is 173 Å². The van der Waals surface area contributed by atoms with Crippen molar-refractivity contribution in [3.8, 4) is 90.1 Å². The van der Waals surface area contributed by atoms with Crippen molar-refractivity contribution in [3.63, 3.8) is 0 Å². The van der Waals surface area contributed by atoms with E-state index in [1.54, 1.807) is 6.20 Å². The molecule has 1 N–H and O–H groups in total. The molecule has 0 atom stereocenters. The number of phenols is 1. The summed E-state index contributed by atoms with van der Waals surface area (Å²) in [6.45, 7) is 13.1. The van der Waals surface area contributed by atoms with Crippen LogP contribution >= 0.6 is 0 Å². The highest BCUT2D eigenvalue weighted by atomic mass is 16.3. The third kappa shape index (κ3) is 7.46. The van der Waals surface area contributed by atoms with Crippen molar-refractivity contribution in [3.05, 3.63) is 193 Å². The highest BCUT2D eigenvalue weighted by Crippen LogP contribution is 2.47. The number of aromatic nitrogens is 3. The fourth-order valence-electron chi connectivity index (χ4n) is 8.40. The first-order valence-electron chi connectivity index (χ1n) is 21.1. The Morgan fingerprint density at radius 1 is 0.516 bits per heavy atom. The summed E-state index contributed by atoms with van der Waals surface area (Å²) in [5, 5.41) is 22.5. The lowest BCUT2D eigenvalue weighted by molar-refractivity contribution is 0.446. The highest BCUT2D eigenvalue weighted by Gasteiger charge is 2.29. The van der Waals surface area contributed by atoms with Gasteiger partial charge in [-0.15, -0.1) is 0 Å². The van der Waals surface area contributed by atoms with Crippen LogP contribution in [0.25, 0.3) is 83.9 Å². The number of aromatic hydroxyl groups is 1. The van der Waals surface area contributed by atoms with Gasteiger partial charge in [0, 0.05) is 45.8 Å². The highest BCUT2D eigenvalue weighted by molar-refractivity contribution is 5.95. The van der Waals surface area contributed by atoms with Crippen molar-refractivity contribution in [1.82, 2.24) is 14.4 Å². The lowest BCUT2D eigenvalue weighted by atomic mass is 9.78. The first kappa shape index (κ1) is 39.9. The molecule has 0 bridgehead atoms. The third-order valence-corrected chi connectivity index (χ3v) is 11.7. The molecule has 0 aliphatic carbocycles. The molecular weight excluding hydrogens is 757 g/mol. The monoisotopic (exact) mass is 804 g/mol. The Morgan fingerprint density at radius 3 is 1.71 bits per heavy atom. The van der Waals surface area contributed by atoms with E-state index in [4.69, 9.17) is 9.97 Å². The van der Waals surface area contributed by atoms with Crippen molar-refractivity contribution < 1.29 is 5.11 Å². The number of benzene rings is 6. The van der Waals surface area contributed by atoms with Crippen molar-refractivity contribution in [2.24, 2.45) is 0 Å². The molecule has 62 heavy (non-hydrogen) atoms. The average molecular weight is 805 g/mol. The van der Waals surface area contributed by atoms with Crippen molar-refractivity contribution in [2.75, 3.05) is 0 Å². The summed E-state index contributed by atoms with van der Waals surface area (Å²) in [6, 6.07) is 58.7. The summed E-state index contributed by atoms with van der Waals surface area (Å²) in [4.78, 5) is 10.5. The predicted molar refractivity (Wildman–Crippen MR) is 255 cm³/mol. The van der Waals surface area contributed by atoms with Gasteiger partial charge in [0.1, 0.15) is 23.2 Å². The van der Waals surface area contributed by atoms with Gasteiger partial charge in [-0.05, 0) is 92.2 Å². The van der Waals surface area contributed by atoms with Gasteiger partial charge in [-0.25, -0.2) is 4.98 Å². The third-order valence-electron chi connectivity index (χ3n) is 11.7. The molecule has 9 rings (SSSR count). The molecule has 0 radical (unpaired) electrons. The number of pyridine rings is 2. The van der Waals surface area contributed by atoms with Gasteiger partial charge in [0.15, 0.2) is 0 Å². The molecule has 6 aromatic carbocycles. The van der Waals surface area contributed by atoms with Crippen LogP contribution in [-0.2, 0) is 10.8 Å². The molecule has 0 amide bonds. The topological polar surface area (TPSA) is 74.2 Å². The largest absolute Gasteiger partial charge is 0.507 e. The van der Waals surface area contributed by atoms with Crippen LogP contribution in [0.15, 0.2) is 176 Å². The minimum Gasteiger partial charge on any atom is -0.507 e. The summed E-state index contributed by atoms with van der Waals surface area (Å²) in [5.74, 6) is 0.239. The van der Waals surface area contributed by atoms with Gasteiger partial charge in [-0.2, -0.15) is 5.26 Å². The van der Waals surface area contributed by atoms with Gasteiger partial charge in [0.05, 0.1) is 17.0 Å². The first-order valence-corrected chi connectivity index (χ1v) is 21.1. The number of imidazole rings is 1. The van der Waals surface area contributed by atoms with Crippen LogP contribution in [0.4, 0.5) is 0 Å². The quantitative estimate of drug-likeness (QED) is 0.174. The van der Waals surface area contributed by atoms with Crippen molar-refractivity contribution >= 4 is 5.65 Å². The summed E-state index contributed by atoms with van der Waals surface area (Å²) in [5.41, 5.74) is 15.7. The normalized spacial score (nSPS) is 11.8. The maximum Gasteiger partial charge on any atom is 0.145 e. The molecule has 3 heterocycles. The molecule has 0 fully saturated rings. The van der Waals surface area contributed by atoms with E-state index in [1.165, 1.54) is 0 Å². The predicted octanol–water partition coefficient (Wildman–Crippen LogP) is 14.6. The van der Waals surface area contributed by atoms with Crippen molar-refractivity contribution in [1.29, 1.82) is 5.26 Å². The summed E-state index contributed by atoms with van der Waals surface area (Å²) in [6.07, 6.45) is 3.76. The van der Waals surface area contributed by atoms with Gasteiger partial charge in [-0.3, -0.25) is 9.38 Å². The van der Waals surface area contributed by atoms with E-state index in [9.17, 15) is 10.4 Å². The number of hydrogen-bond acceptors (Lipinski definition) is 4. The number of rotatable bonds is 7. The minimum atomic E-state index is -0.333. The van der Waals surface area contributed by atoms with Gasteiger partial charge in [0.25, 0.3) is 0 Å². The lowest BCUT2D eigenvalue weighted by Gasteiger charge is -2.27. The maximum absolute atomic E-state index is 12.4. The number of phenolic OH excluding ortho intramolecular Hbond substituents is 1. The molecule has 9 aromatic rings. The minimum absolute atomic E-state index is 0.191. The second-order valence-electron chi connectivity index (χ2n) is 18.0. The smallest absolute Gasteiger partial charge is 0.145 e. The Bertz CT molecular complexity index is 3140. The van der Waals surface area contributed by atoms with Crippen molar-refractivity contribution in [2.45, 2.75) is 52.4 Å². The molecule has 5 nitrogen and oxygen atoms in total. The Labute approximate surface area is 364 Å². The Kier molecular flexibility index (Phi) is 10.2. The zero-order valence-electron chi connectivity index (χ0n) is 36.0. The zero-order chi connectivity index (χ0) is 43.2. The van der Waals surface area contributed by atoms with Gasteiger partial charge < -0.3 is 5.11 Å². The summed E-state index contributed by atoms with van der Waals surface area (Å²) < 4.78 is 2.19. The number of nitrogens with zero attached hydrogens (tertiary/aromatic N) is 4. The molecular formula is C57H48N4O. The Morgan fingerprint density at radius 2 is 1.08 bits per heavy atom. The van der Waals surface area contributed by atoms with E-state index in [1.807, 2.05) is 48.5 Å². The number of hydrogen-bond donors (Lipinski definition) is 1. The van der Waals surface area contributed by atoms with Gasteiger partial charge in [-0.1, -0.05) is 163 Å². The summed E-state index contributed by atoms with van der Waals surface area (Å²) >= 11 is 0. The van der Waals surface area contributed by atoms with Crippen LogP contribution in [0.1, 0.15) is 58.2 Å². The van der Waals surface area contributed by atoms with Gasteiger partial charge in [0.2, 0.25) is 0 Å². The lowest BCUT2D eigenvalue weighted by Crippen LogP contribution is -2.17. The van der Waals surface area contributed by atoms with E-state index < -0.39 is 0 Å². The van der Waals surface area contributed by atoms with Crippen LogP contribution in [0.2, 0.25) is 0 Å². The average Bonchev–Trinajstić information content (AvgIpc) is 3.68. The van der Waals surface area contributed by atoms with Crippen LogP contribution in [-0.4, -0.2) is 19.5 Å². The van der Waals surface area contributed by atoms with Gasteiger partial charge >= 0.3 is 0 Å². The fraction of sp³-hybridized carbons (Fsp3) is 0.140. The molecule has 0 aliphatic heterocycles.